The average Bonchev–Trinajstić information content (AvgIpc) is 3.57. The second-order valence-corrected chi connectivity index (χ2v) is 9.35. The predicted molar refractivity (Wildman–Crippen MR) is 127 cm³/mol. The number of nitrogens with zero attached hydrogens (tertiary/aromatic N) is 3. The monoisotopic (exact) mass is 513 g/mol. The molecular weight excluding hydrogens is 492 g/mol. The largest absolute Gasteiger partial charge is 0.454 e. The van der Waals surface area contributed by atoms with E-state index in [0.717, 1.165) is 17.1 Å². The van der Waals surface area contributed by atoms with E-state index >= 15 is 0 Å². The zero-order valence-electron chi connectivity index (χ0n) is 19.5. The molecule has 0 bridgehead atoms. The highest BCUT2D eigenvalue weighted by atomic mass is 32.2. The van der Waals surface area contributed by atoms with Gasteiger partial charge in [-0.15, -0.1) is 10.2 Å². The fraction of sp³-hybridized carbons (Fsp3) is 0.240. The lowest BCUT2D eigenvalue weighted by atomic mass is 10.1. The van der Waals surface area contributed by atoms with Crippen molar-refractivity contribution in [2.75, 3.05) is 6.79 Å². The van der Waals surface area contributed by atoms with Crippen molar-refractivity contribution in [2.45, 2.75) is 37.9 Å². The van der Waals surface area contributed by atoms with E-state index in [0.29, 0.717) is 28.5 Å². The fourth-order valence-corrected chi connectivity index (χ4v) is 4.77. The summed E-state index contributed by atoms with van der Waals surface area (Å²) in [6, 6.07) is 13.4. The number of halogens is 2. The van der Waals surface area contributed by atoms with Crippen molar-refractivity contribution in [2.24, 2.45) is 0 Å². The number of ketones is 1. The van der Waals surface area contributed by atoms with Crippen molar-refractivity contribution in [1.82, 2.24) is 14.8 Å². The molecule has 0 amide bonds. The van der Waals surface area contributed by atoms with Gasteiger partial charge < -0.3 is 23.2 Å². The van der Waals surface area contributed by atoms with E-state index in [9.17, 15) is 13.6 Å². The van der Waals surface area contributed by atoms with E-state index in [1.807, 2.05) is 24.5 Å². The van der Waals surface area contributed by atoms with Gasteiger partial charge in [0, 0.05) is 28.2 Å². The molecule has 0 saturated heterocycles. The van der Waals surface area contributed by atoms with Gasteiger partial charge in [0.2, 0.25) is 12.7 Å². The minimum atomic E-state index is -2.89. The molecule has 0 aliphatic carbocycles. The number of carbonyl (C=O) groups is 1. The molecule has 5 rings (SSSR count). The normalized spacial score (nSPS) is 13.3. The molecule has 1 aliphatic heterocycles. The molecule has 0 N–H and O–H groups in total. The highest BCUT2D eigenvalue weighted by Crippen LogP contribution is 2.36. The molecule has 2 aromatic heterocycles. The van der Waals surface area contributed by atoms with Gasteiger partial charge in [-0.3, -0.25) is 4.79 Å². The maximum absolute atomic E-state index is 13.3. The first kappa shape index (κ1) is 23.9. The van der Waals surface area contributed by atoms with Crippen LogP contribution in [0, 0.1) is 13.8 Å². The van der Waals surface area contributed by atoms with Crippen molar-refractivity contribution in [3.63, 3.8) is 0 Å². The number of hydrogen-bond acceptors (Lipinski definition) is 8. The van der Waals surface area contributed by atoms with Gasteiger partial charge in [0.15, 0.2) is 17.3 Å². The van der Waals surface area contributed by atoms with Gasteiger partial charge in [0.1, 0.15) is 5.75 Å². The highest BCUT2D eigenvalue weighted by Gasteiger charge is 2.25. The van der Waals surface area contributed by atoms with Gasteiger partial charge in [0.05, 0.1) is 5.25 Å². The van der Waals surface area contributed by atoms with Crippen LogP contribution in [-0.4, -0.2) is 39.2 Å². The van der Waals surface area contributed by atoms with Gasteiger partial charge in [-0.25, -0.2) is 0 Å². The number of thioether (sulfide) groups is 1. The van der Waals surface area contributed by atoms with Gasteiger partial charge >= 0.3 is 6.61 Å². The van der Waals surface area contributed by atoms with Crippen LogP contribution in [0.5, 0.6) is 17.2 Å². The topological polar surface area (TPSA) is 88.6 Å². The quantitative estimate of drug-likeness (QED) is 0.215. The van der Waals surface area contributed by atoms with Crippen molar-refractivity contribution in [3.8, 4) is 34.4 Å². The first-order valence-electron chi connectivity index (χ1n) is 11.0. The second kappa shape index (κ2) is 9.65. The van der Waals surface area contributed by atoms with Crippen LogP contribution in [0.4, 0.5) is 8.78 Å². The number of aryl methyl sites for hydroxylation is 1. The zero-order chi connectivity index (χ0) is 25.4. The molecule has 8 nitrogen and oxygen atoms in total. The Bertz CT molecular complexity index is 1420. The smallest absolute Gasteiger partial charge is 0.387 e. The maximum atomic E-state index is 13.3. The Morgan fingerprint density at radius 2 is 1.81 bits per heavy atom. The summed E-state index contributed by atoms with van der Waals surface area (Å²) in [7, 11) is 0. The Kier molecular flexibility index (Phi) is 6.40. The van der Waals surface area contributed by atoms with Crippen molar-refractivity contribution in [1.29, 1.82) is 0 Å². The minimum Gasteiger partial charge on any atom is -0.454 e. The molecule has 0 fully saturated rings. The number of carbonyl (C=O) groups excluding carboxylic acids is 1. The first-order chi connectivity index (χ1) is 17.3. The van der Waals surface area contributed by atoms with Gasteiger partial charge in [0.25, 0.3) is 5.22 Å². The van der Waals surface area contributed by atoms with Crippen LogP contribution >= 0.6 is 11.8 Å². The number of hydrogen-bond donors (Lipinski definition) is 0. The third-order valence-corrected chi connectivity index (χ3v) is 6.62. The van der Waals surface area contributed by atoms with Crippen LogP contribution in [0.1, 0.15) is 28.7 Å². The molecule has 11 heteroatoms. The third kappa shape index (κ3) is 4.66. The number of fused-ring (bicyclic) bond motifs is 1. The standard InChI is InChI=1S/C25H21F2N3O5S/c1-13-10-19(14(2)30(13)17-5-7-18(8-6-17)34-24(26)27)22(31)15(3)36-25-29-28-23(35-25)16-4-9-20-21(11-16)33-12-32-20/h4-11,15,24H,12H2,1-3H3. The van der Waals surface area contributed by atoms with Crippen molar-refractivity contribution >= 4 is 17.5 Å². The Hall–Kier alpha value is -3.86. The van der Waals surface area contributed by atoms with Crippen LogP contribution in [0.3, 0.4) is 0 Å². The van der Waals surface area contributed by atoms with Crippen LogP contribution in [-0.2, 0) is 0 Å². The highest BCUT2D eigenvalue weighted by molar-refractivity contribution is 8.00. The SMILES string of the molecule is Cc1cc(C(=O)C(C)Sc2nnc(-c3ccc4c(c3)OCO4)o2)c(C)n1-c1ccc(OC(F)F)cc1. The third-order valence-electron chi connectivity index (χ3n) is 5.69. The van der Waals surface area contributed by atoms with E-state index < -0.39 is 11.9 Å². The summed E-state index contributed by atoms with van der Waals surface area (Å²) in [4.78, 5) is 13.3. The maximum Gasteiger partial charge on any atom is 0.387 e. The Morgan fingerprint density at radius 3 is 2.56 bits per heavy atom. The number of Topliss-reactive ketones (excluding diaryl/α,β-unsaturated/α-hetero) is 1. The molecule has 36 heavy (non-hydrogen) atoms. The van der Waals surface area contributed by atoms with Crippen LogP contribution in [0.2, 0.25) is 0 Å². The molecule has 0 radical (unpaired) electrons. The van der Waals surface area contributed by atoms with Gasteiger partial charge in [-0.05, 0) is 69.3 Å². The number of rotatable bonds is 8. The number of benzene rings is 2. The summed E-state index contributed by atoms with van der Waals surface area (Å²) >= 11 is 1.17. The molecule has 1 aliphatic rings. The lowest BCUT2D eigenvalue weighted by molar-refractivity contribution is -0.0498. The van der Waals surface area contributed by atoms with E-state index in [1.165, 1.54) is 23.9 Å². The van der Waals surface area contributed by atoms with Gasteiger partial charge in [-0.2, -0.15) is 8.78 Å². The van der Waals surface area contributed by atoms with Gasteiger partial charge in [-0.1, -0.05) is 11.8 Å². The molecule has 1 unspecified atom stereocenters. The summed E-state index contributed by atoms with van der Waals surface area (Å²) < 4.78 is 47.7. The van der Waals surface area contributed by atoms with Crippen molar-refractivity contribution < 1.29 is 32.2 Å². The lowest BCUT2D eigenvalue weighted by Crippen LogP contribution is -2.14. The first-order valence-corrected chi connectivity index (χ1v) is 11.9. The molecule has 4 aromatic rings. The van der Waals surface area contributed by atoms with Crippen LogP contribution in [0.25, 0.3) is 17.1 Å². The molecule has 1 atom stereocenters. The van der Waals surface area contributed by atoms with Crippen LogP contribution < -0.4 is 14.2 Å². The minimum absolute atomic E-state index is 0.0669. The van der Waals surface area contributed by atoms with E-state index in [1.54, 1.807) is 37.3 Å². The zero-order valence-corrected chi connectivity index (χ0v) is 20.3. The molecule has 0 saturated carbocycles. The summed E-state index contributed by atoms with van der Waals surface area (Å²) in [6.07, 6.45) is 0. The van der Waals surface area contributed by atoms with Crippen LogP contribution in [0.15, 0.2) is 58.2 Å². The summed E-state index contributed by atoms with van der Waals surface area (Å²) in [5.74, 6) is 1.54. The Balaban J connectivity index is 1.31. The average molecular weight is 514 g/mol. The molecule has 2 aromatic carbocycles. The van der Waals surface area contributed by atoms with E-state index in [2.05, 4.69) is 14.9 Å². The number of aromatic nitrogens is 3. The Morgan fingerprint density at radius 1 is 1.06 bits per heavy atom. The number of alkyl halides is 2. The summed E-state index contributed by atoms with van der Waals surface area (Å²) in [5.41, 5.74) is 3.54. The molecule has 186 valence electrons. The molecule has 0 spiro atoms. The molecule has 3 heterocycles. The second-order valence-electron chi connectivity index (χ2n) is 8.06. The predicted octanol–water partition coefficient (Wildman–Crippen LogP) is 5.84. The Labute approximate surface area is 209 Å². The fourth-order valence-electron chi connectivity index (χ4n) is 4.01. The summed E-state index contributed by atoms with van der Waals surface area (Å²) in [5, 5.41) is 7.94. The number of ether oxygens (including phenoxy) is 3. The van der Waals surface area contributed by atoms with E-state index in [4.69, 9.17) is 13.9 Å². The summed E-state index contributed by atoms with van der Waals surface area (Å²) in [6.45, 7) is 2.77. The molecular formula is C25H21F2N3O5S. The van der Waals surface area contributed by atoms with Crippen molar-refractivity contribution in [3.05, 3.63) is 65.5 Å². The lowest BCUT2D eigenvalue weighted by Gasteiger charge is -2.12. The van der Waals surface area contributed by atoms with E-state index in [-0.39, 0.29) is 23.5 Å².